The van der Waals surface area contributed by atoms with Gasteiger partial charge in [0, 0.05) is 6.20 Å². The predicted octanol–water partition coefficient (Wildman–Crippen LogP) is 2.76. The van der Waals surface area contributed by atoms with Crippen LogP contribution in [0.2, 0.25) is 5.02 Å². The fourth-order valence-corrected chi connectivity index (χ4v) is 1.45. The van der Waals surface area contributed by atoms with Crippen molar-refractivity contribution in [3.8, 4) is 0 Å². The van der Waals surface area contributed by atoms with Gasteiger partial charge in [-0.15, -0.1) is 0 Å². The number of rotatable bonds is 2. The van der Waals surface area contributed by atoms with E-state index in [9.17, 15) is 8.60 Å². The van der Waals surface area contributed by atoms with Gasteiger partial charge in [-0.1, -0.05) is 11.6 Å². The fraction of sp³-hybridized carbons (Fsp3) is 0.400. The Balaban J connectivity index is 2.94. The first-order valence-corrected chi connectivity index (χ1v) is 6.07. The van der Waals surface area contributed by atoms with Crippen LogP contribution in [0.25, 0.3) is 0 Å². The highest BCUT2D eigenvalue weighted by molar-refractivity contribution is 7.85. The van der Waals surface area contributed by atoms with Gasteiger partial charge in [-0.25, -0.2) is 8.60 Å². The van der Waals surface area contributed by atoms with Gasteiger partial charge in [0.25, 0.3) is 0 Å². The monoisotopic (exact) mass is 262 g/mol. The molecule has 0 saturated carbocycles. The summed E-state index contributed by atoms with van der Waals surface area (Å²) in [5.74, 6) is -0.654. The lowest BCUT2D eigenvalue weighted by Gasteiger charge is -2.12. The minimum Gasteiger partial charge on any atom is -0.252 e. The van der Waals surface area contributed by atoms with Crippen LogP contribution >= 0.6 is 11.6 Å². The summed E-state index contributed by atoms with van der Waals surface area (Å²) in [5.41, 5.74) is -0.00917. The van der Waals surface area contributed by atoms with Crippen molar-refractivity contribution in [1.82, 2.24) is 4.98 Å². The Bertz CT molecular complexity index is 443. The van der Waals surface area contributed by atoms with E-state index in [2.05, 4.69) is 9.38 Å². The first-order chi connectivity index (χ1) is 7.32. The normalized spacial score (nSPS) is 14.3. The summed E-state index contributed by atoms with van der Waals surface area (Å²) in [6.45, 7) is 5.34. The van der Waals surface area contributed by atoms with E-state index < -0.39 is 21.5 Å². The van der Waals surface area contributed by atoms with Crippen molar-refractivity contribution in [3.05, 3.63) is 28.8 Å². The Morgan fingerprint density at radius 2 is 2.19 bits per heavy atom. The second-order valence-corrected chi connectivity index (χ2v) is 6.43. The Kier molecular flexibility index (Phi) is 4.15. The lowest BCUT2D eigenvalue weighted by molar-refractivity contribution is 0.619. The van der Waals surface area contributed by atoms with E-state index in [1.54, 1.807) is 20.8 Å². The van der Waals surface area contributed by atoms with Crippen LogP contribution in [0.3, 0.4) is 0 Å². The Labute approximate surface area is 101 Å². The topological polar surface area (TPSA) is 42.3 Å². The molecule has 0 radical (unpaired) electrons. The zero-order valence-corrected chi connectivity index (χ0v) is 10.8. The number of hydrogen-bond donors (Lipinski definition) is 0. The molecular weight excluding hydrogens is 251 g/mol. The summed E-state index contributed by atoms with van der Waals surface area (Å²) in [5, 5.41) is -0.0296. The van der Waals surface area contributed by atoms with Gasteiger partial charge in [0.2, 0.25) is 0 Å². The standard InChI is InChI=1S/C10H12ClFN2OS/c1-10(2,3)16(15)14-6-8-9(12)7(11)4-5-13-8/h4-6H,1-3H3/t16-/m0/s1. The second-order valence-electron chi connectivity index (χ2n) is 4.09. The van der Waals surface area contributed by atoms with Crippen molar-refractivity contribution in [1.29, 1.82) is 0 Å². The van der Waals surface area contributed by atoms with Gasteiger partial charge in [-0.2, -0.15) is 4.40 Å². The molecule has 0 N–H and O–H groups in total. The summed E-state index contributed by atoms with van der Waals surface area (Å²) < 4.78 is 28.2. The zero-order chi connectivity index (χ0) is 12.3. The molecule has 0 aliphatic heterocycles. The van der Waals surface area contributed by atoms with Crippen LogP contribution in [0.4, 0.5) is 4.39 Å². The van der Waals surface area contributed by atoms with Gasteiger partial charge in [-0.05, 0) is 26.8 Å². The third-order valence-corrected chi connectivity index (χ3v) is 3.30. The minimum absolute atomic E-state index is 0.00917. The third kappa shape index (κ3) is 3.35. The lowest BCUT2D eigenvalue weighted by atomic mass is 10.3. The second kappa shape index (κ2) is 5.01. The first kappa shape index (κ1) is 13.3. The average molecular weight is 263 g/mol. The van der Waals surface area contributed by atoms with Crippen molar-refractivity contribution in [2.24, 2.45) is 4.40 Å². The minimum atomic E-state index is -1.43. The van der Waals surface area contributed by atoms with Crippen molar-refractivity contribution >= 4 is 28.8 Å². The van der Waals surface area contributed by atoms with E-state index in [0.29, 0.717) is 0 Å². The SMILES string of the molecule is CC(C)(C)[S@](=O)N=Cc1nccc(Cl)c1F. The quantitative estimate of drug-likeness (QED) is 0.769. The van der Waals surface area contributed by atoms with Gasteiger partial charge in [0.1, 0.15) is 16.7 Å². The van der Waals surface area contributed by atoms with Crippen molar-refractivity contribution < 1.29 is 8.60 Å². The Morgan fingerprint density at radius 1 is 1.56 bits per heavy atom. The fourth-order valence-electron chi connectivity index (χ4n) is 0.781. The van der Waals surface area contributed by atoms with E-state index in [1.807, 2.05) is 0 Å². The van der Waals surface area contributed by atoms with Crippen molar-refractivity contribution in [2.45, 2.75) is 25.5 Å². The van der Waals surface area contributed by atoms with E-state index in [-0.39, 0.29) is 10.7 Å². The van der Waals surface area contributed by atoms with Crippen LogP contribution in [0.5, 0.6) is 0 Å². The molecule has 0 amide bonds. The lowest BCUT2D eigenvalue weighted by Crippen LogP contribution is -2.19. The van der Waals surface area contributed by atoms with Crippen LogP contribution < -0.4 is 0 Å². The van der Waals surface area contributed by atoms with Gasteiger partial charge < -0.3 is 0 Å². The van der Waals surface area contributed by atoms with Gasteiger partial charge in [0.15, 0.2) is 5.82 Å². The molecule has 0 bridgehead atoms. The number of nitrogens with zero attached hydrogens (tertiary/aromatic N) is 2. The number of aromatic nitrogens is 1. The summed E-state index contributed by atoms with van der Waals surface area (Å²) in [6.07, 6.45) is 2.51. The van der Waals surface area contributed by atoms with Gasteiger partial charge in [0.05, 0.1) is 16.0 Å². The van der Waals surface area contributed by atoms with Crippen molar-refractivity contribution in [3.63, 3.8) is 0 Å². The number of hydrogen-bond acceptors (Lipinski definition) is 2. The van der Waals surface area contributed by atoms with Gasteiger partial charge in [-0.3, -0.25) is 4.98 Å². The Hall–Kier alpha value is -0.810. The van der Waals surface area contributed by atoms with E-state index >= 15 is 0 Å². The van der Waals surface area contributed by atoms with E-state index in [0.717, 1.165) is 6.21 Å². The molecule has 0 unspecified atom stereocenters. The molecule has 0 spiro atoms. The molecule has 3 nitrogen and oxygen atoms in total. The molecule has 0 saturated heterocycles. The summed E-state index contributed by atoms with van der Waals surface area (Å²) in [6, 6.07) is 1.34. The van der Waals surface area contributed by atoms with Crippen LogP contribution in [0.1, 0.15) is 26.5 Å². The summed E-state index contributed by atoms with van der Waals surface area (Å²) in [4.78, 5) is 3.75. The Morgan fingerprint density at radius 3 is 2.75 bits per heavy atom. The molecule has 1 heterocycles. The van der Waals surface area contributed by atoms with Gasteiger partial charge >= 0.3 is 0 Å². The number of halogens is 2. The molecule has 88 valence electrons. The van der Waals surface area contributed by atoms with Crippen LogP contribution in [0, 0.1) is 5.82 Å². The summed E-state index contributed by atoms with van der Waals surface area (Å²) in [7, 11) is -1.43. The molecule has 0 aromatic carbocycles. The molecular formula is C10H12ClFN2OS. The molecule has 1 rings (SSSR count). The largest absolute Gasteiger partial charge is 0.252 e. The van der Waals surface area contributed by atoms with Crippen LogP contribution in [-0.2, 0) is 11.0 Å². The highest BCUT2D eigenvalue weighted by Gasteiger charge is 2.18. The molecule has 0 aliphatic carbocycles. The maximum absolute atomic E-state index is 13.4. The molecule has 0 fully saturated rings. The molecule has 6 heteroatoms. The predicted molar refractivity (Wildman–Crippen MR) is 64.7 cm³/mol. The molecule has 1 aromatic rings. The van der Waals surface area contributed by atoms with E-state index in [4.69, 9.17) is 11.6 Å². The highest BCUT2D eigenvalue weighted by atomic mass is 35.5. The maximum Gasteiger partial charge on any atom is 0.169 e. The van der Waals surface area contributed by atoms with Crippen LogP contribution in [0.15, 0.2) is 16.7 Å². The maximum atomic E-state index is 13.4. The highest BCUT2D eigenvalue weighted by Crippen LogP contribution is 2.15. The van der Waals surface area contributed by atoms with E-state index in [1.165, 1.54) is 12.3 Å². The summed E-state index contributed by atoms with van der Waals surface area (Å²) >= 11 is 5.57. The molecule has 1 aromatic heterocycles. The van der Waals surface area contributed by atoms with Crippen molar-refractivity contribution in [2.75, 3.05) is 0 Å². The number of pyridine rings is 1. The zero-order valence-electron chi connectivity index (χ0n) is 9.20. The molecule has 0 aliphatic rings. The molecule has 16 heavy (non-hydrogen) atoms. The first-order valence-electron chi connectivity index (χ1n) is 4.58. The van der Waals surface area contributed by atoms with Crippen LogP contribution in [-0.4, -0.2) is 20.2 Å². The smallest absolute Gasteiger partial charge is 0.169 e. The third-order valence-electron chi connectivity index (χ3n) is 1.66. The molecule has 1 atom stereocenters. The average Bonchev–Trinajstić information content (AvgIpc) is 2.18.